The van der Waals surface area contributed by atoms with Crippen LogP contribution in [0.2, 0.25) is 0 Å². The number of guanidine groups is 1. The summed E-state index contributed by atoms with van der Waals surface area (Å²) in [5, 5.41) is 16.5. The minimum Gasteiger partial charge on any atom is -0.491 e. The topological polar surface area (TPSA) is 65.9 Å². The third-order valence-corrected chi connectivity index (χ3v) is 3.95. The molecule has 0 aliphatic rings. The molecule has 0 aromatic heterocycles. The molecule has 0 spiro atoms. The number of benzene rings is 2. The minimum atomic E-state index is -0.627. The van der Waals surface area contributed by atoms with Gasteiger partial charge in [0, 0.05) is 13.1 Å². The zero-order chi connectivity index (χ0) is 18.8. The maximum absolute atomic E-state index is 10.2. The lowest BCUT2D eigenvalue weighted by molar-refractivity contribution is 0.110. The smallest absolute Gasteiger partial charge is 0.191 e. The maximum Gasteiger partial charge on any atom is 0.191 e. The van der Waals surface area contributed by atoms with E-state index in [0.29, 0.717) is 19.0 Å². The average Bonchev–Trinajstić information content (AvgIpc) is 2.63. The second-order valence-electron chi connectivity index (χ2n) is 6.28. The van der Waals surface area contributed by atoms with Crippen LogP contribution in [0.25, 0.3) is 0 Å². The fourth-order valence-corrected chi connectivity index (χ4v) is 2.46. The highest BCUT2D eigenvalue weighted by molar-refractivity contribution is 5.79. The van der Waals surface area contributed by atoms with Crippen molar-refractivity contribution in [3.63, 3.8) is 0 Å². The molecule has 0 bridgehead atoms. The third kappa shape index (κ3) is 6.76. The van der Waals surface area contributed by atoms with E-state index in [9.17, 15) is 5.11 Å². The van der Waals surface area contributed by atoms with E-state index in [2.05, 4.69) is 34.7 Å². The highest BCUT2D eigenvalue weighted by atomic mass is 16.5. The van der Waals surface area contributed by atoms with E-state index < -0.39 is 6.10 Å². The van der Waals surface area contributed by atoms with Crippen LogP contribution in [-0.4, -0.2) is 36.9 Å². The molecule has 0 saturated carbocycles. The Morgan fingerprint density at radius 1 is 1.12 bits per heavy atom. The number of aliphatic hydroxyl groups is 1. The van der Waals surface area contributed by atoms with Crippen LogP contribution in [-0.2, 0) is 6.54 Å². The number of ether oxygens (including phenoxy) is 1. The summed E-state index contributed by atoms with van der Waals surface area (Å²) >= 11 is 0. The molecule has 140 valence electrons. The molecule has 1 atom stereocenters. The van der Waals surface area contributed by atoms with Gasteiger partial charge in [-0.05, 0) is 49.6 Å². The minimum absolute atomic E-state index is 0.230. The van der Waals surface area contributed by atoms with Crippen LogP contribution in [0, 0.1) is 13.8 Å². The molecule has 3 N–H and O–H groups in total. The van der Waals surface area contributed by atoms with Crippen LogP contribution >= 0.6 is 0 Å². The standard InChI is InChI=1S/C21H29N3O2/c1-4-22-21(23-13-18-10-6-5-9-17(18)3)24-14-19(25)15-26-20-11-7-8-16(2)12-20/h5-12,19,25H,4,13-15H2,1-3H3,(H2,22,23,24). The summed E-state index contributed by atoms with van der Waals surface area (Å²) in [4.78, 5) is 4.59. The van der Waals surface area contributed by atoms with Gasteiger partial charge >= 0.3 is 0 Å². The van der Waals surface area contributed by atoms with Gasteiger partial charge in [0.15, 0.2) is 5.96 Å². The van der Waals surface area contributed by atoms with Gasteiger partial charge in [0.05, 0.1) is 6.54 Å². The van der Waals surface area contributed by atoms with Crippen LogP contribution in [0.1, 0.15) is 23.6 Å². The Labute approximate surface area is 156 Å². The summed E-state index contributed by atoms with van der Waals surface area (Å²) < 4.78 is 5.64. The Balaban J connectivity index is 1.83. The Kier molecular flexibility index (Phi) is 7.96. The number of aliphatic hydroxyl groups excluding tert-OH is 1. The van der Waals surface area contributed by atoms with Crippen molar-refractivity contribution in [3.8, 4) is 5.75 Å². The zero-order valence-corrected chi connectivity index (χ0v) is 15.8. The lowest BCUT2D eigenvalue weighted by atomic mass is 10.1. The molecular formula is C21H29N3O2. The number of hydrogen-bond acceptors (Lipinski definition) is 3. The van der Waals surface area contributed by atoms with Crippen molar-refractivity contribution in [1.82, 2.24) is 10.6 Å². The van der Waals surface area contributed by atoms with Crippen molar-refractivity contribution in [2.24, 2.45) is 4.99 Å². The third-order valence-electron chi connectivity index (χ3n) is 3.95. The average molecular weight is 355 g/mol. The van der Waals surface area contributed by atoms with Crippen LogP contribution in [0.4, 0.5) is 0 Å². The first kappa shape index (κ1) is 19.8. The van der Waals surface area contributed by atoms with Crippen molar-refractivity contribution in [2.75, 3.05) is 19.7 Å². The molecule has 2 aromatic carbocycles. The Bertz CT molecular complexity index is 716. The number of nitrogens with zero attached hydrogens (tertiary/aromatic N) is 1. The lowest BCUT2D eigenvalue weighted by Crippen LogP contribution is -2.42. The first-order chi connectivity index (χ1) is 12.6. The van der Waals surface area contributed by atoms with E-state index in [1.165, 1.54) is 11.1 Å². The van der Waals surface area contributed by atoms with Crippen molar-refractivity contribution in [3.05, 3.63) is 65.2 Å². The van der Waals surface area contributed by atoms with Crippen molar-refractivity contribution >= 4 is 5.96 Å². The van der Waals surface area contributed by atoms with Gasteiger partial charge in [-0.3, -0.25) is 0 Å². The molecular weight excluding hydrogens is 326 g/mol. The van der Waals surface area contributed by atoms with Gasteiger partial charge in [0.1, 0.15) is 18.5 Å². The molecule has 1 unspecified atom stereocenters. The normalized spacial score (nSPS) is 12.5. The lowest BCUT2D eigenvalue weighted by Gasteiger charge is -2.16. The summed E-state index contributed by atoms with van der Waals surface area (Å²) in [6.45, 7) is 8.06. The van der Waals surface area contributed by atoms with Crippen molar-refractivity contribution < 1.29 is 9.84 Å². The Hall–Kier alpha value is -2.53. The van der Waals surface area contributed by atoms with E-state index in [1.54, 1.807) is 0 Å². The summed E-state index contributed by atoms with van der Waals surface area (Å²) in [7, 11) is 0. The van der Waals surface area contributed by atoms with Gasteiger partial charge in [0.2, 0.25) is 0 Å². The molecule has 5 heteroatoms. The van der Waals surface area contributed by atoms with Gasteiger partial charge in [-0.15, -0.1) is 0 Å². The Morgan fingerprint density at radius 3 is 2.65 bits per heavy atom. The van der Waals surface area contributed by atoms with E-state index in [1.807, 2.05) is 50.2 Å². The molecule has 0 amide bonds. The fraction of sp³-hybridized carbons (Fsp3) is 0.381. The predicted octanol–water partition coefficient (Wildman–Crippen LogP) is 2.80. The van der Waals surface area contributed by atoms with Gasteiger partial charge in [-0.2, -0.15) is 0 Å². The Morgan fingerprint density at radius 2 is 1.92 bits per heavy atom. The predicted molar refractivity (Wildman–Crippen MR) is 107 cm³/mol. The zero-order valence-electron chi connectivity index (χ0n) is 15.8. The van der Waals surface area contributed by atoms with Crippen LogP contribution in [0.5, 0.6) is 5.75 Å². The molecule has 0 fully saturated rings. The molecule has 26 heavy (non-hydrogen) atoms. The van der Waals surface area contributed by atoms with E-state index >= 15 is 0 Å². The second kappa shape index (κ2) is 10.5. The molecule has 0 heterocycles. The van der Waals surface area contributed by atoms with Crippen molar-refractivity contribution in [1.29, 1.82) is 0 Å². The van der Waals surface area contributed by atoms with Gasteiger partial charge in [-0.25, -0.2) is 4.99 Å². The maximum atomic E-state index is 10.2. The molecule has 2 aromatic rings. The first-order valence-corrected chi connectivity index (χ1v) is 9.02. The van der Waals surface area contributed by atoms with E-state index in [0.717, 1.165) is 17.9 Å². The second-order valence-corrected chi connectivity index (χ2v) is 6.28. The number of aryl methyl sites for hydroxylation is 2. The quantitative estimate of drug-likeness (QED) is 0.503. The van der Waals surface area contributed by atoms with Crippen LogP contribution in [0.15, 0.2) is 53.5 Å². The SMILES string of the molecule is CCNC(=NCc1ccccc1C)NCC(O)COc1cccc(C)c1. The monoisotopic (exact) mass is 355 g/mol. The summed E-state index contributed by atoms with van der Waals surface area (Å²) in [5.41, 5.74) is 3.54. The molecule has 0 radical (unpaired) electrons. The summed E-state index contributed by atoms with van der Waals surface area (Å²) in [5.74, 6) is 1.45. The van der Waals surface area contributed by atoms with E-state index in [-0.39, 0.29) is 6.61 Å². The molecule has 5 nitrogen and oxygen atoms in total. The van der Waals surface area contributed by atoms with Crippen molar-refractivity contribution in [2.45, 2.75) is 33.4 Å². The van der Waals surface area contributed by atoms with Gasteiger partial charge < -0.3 is 20.5 Å². The van der Waals surface area contributed by atoms with E-state index in [4.69, 9.17) is 4.74 Å². The number of rotatable bonds is 8. The molecule has 0 aliphatic heterocycles. The van der Waals surface area contributed by atoms with Crippen LogP contribution in [0.3, 0.4) is 0 Å². The highest BCUT2D eigenvalue weighted by Gasteiger charge is 2.07. The summed E-state index contributed by atoms with van der Waals surface area (Å²) in [6.07, 6.45) is -0.627. The highest BCUT2D eigenvalue weighted by Crippen LogP contribution is 2.12. The van der Waals surface area contributed by atoms with Gasteiger partial charge in [-0.1, -0.05) is 36.4 Å². The largest absolute Gasteiger partial charge is 0.491 e. The number of aliphatic imine (C=N–C) groups is 1. The molecule has 0 aliphatic carbocycles. The number of hydrogen-bond donors (Lipinski definition) is 3. The fourth-order valence-electron chi connectivity index (χ4n) is 2.46. The number of nitrogens with one attached hydrogen (secondary N) is 2. The molecule has 0 saturated heterocycles. The first-order valence-electron chi connectivity index (χ1n) is 9.02. The summed E-state index contributed by atoms with van der Waals surface area (Å²) in [6, 6.07) is 16.0. The van der Waals surface area contributed by atoms with Crippen LogP contribution < -0.4 is 15.4 Å². The molecule has 2 rings (SSSR count). The van der Waals surface area contributed by atoms with Gasteiger partial charge in [0.25, 0.3) is 0 Å².